The number of nitrogens with zero attached hydrogens (tertiary/aromatic N) is 3. The van der Waals surface area contributed by atoms with E-state index in [1.807, 2.05) is 4.90 Å². The smallest absolute Gasteiger partial charge is 0.324 e. The number of fused-ring (bicyclic) bond motifs is 1. The van der Waals surface area contributed by atoms with Crippen LogP contribution in [0, 0.1) is 5.92 Å². The molecule has 0 atom stereocenters. The summed E-state index contributed by atoms with van der Waals surface area (Å²) >= 11 is 0. The van der Waals surface area contributed by atoms with Crippen molar-refractivity contribution in [2.75, 3.05) is 31.6 Å². The number of likely N-dealkylation sites (N-methyl/N-ethyl adjacent to an activating group) is 1. The molecule has 1 saturated carbocycles. The van der Waals surface area contributed by atoms with E-state index < -0.39 is 5.97 Å². The summed E-state index contributed by atoms with van der Waals surface area (Å²) < 4.78 is 0. The zero-order chi connectivity index (χ0) is 19.7. The van der Waals surface area contributed by atoms with Gasteiger partial charge < -0.3 is 14.9 Å². The normalized spacial score (nSPS) is 25.8. The highest BCUT2D eigenvalue weighted by Gasteiger charge is 2.36. The third kappa shape index (κ3) is 4.02. The molecule has 2 amide bonds. The number of carbonyl (C=O) groups is 2. The molecule has 0 bridgehead atoms. The van der Waals surface area contributed by atoms with Gasteiger partial charge in [0.15, 0.2) is 0 Å². The minimum absolute atomic E-state index is 0.141. The van der Waals surface area contributed by atoms with Gasteiger partial charge in [-0.3, -0.25) is 9.69 Å². The summed E-state index contributed by atoms with van der Waals surface area (Å²) in [6, 6.07) is 6.95. The first-order valence-electron chi connectivity index (χ1n) is 10.6. The number of carbonyl (C=O) groups excluding carboxylic acids is 1. The van der Waals surface area contributed by atoms with Gasteiger partial charge in [0.25, 0.3) is 0 Å². The van der Waals surface area contributed by atoms with E-state index in [1.54, 1.807) is 0 Å². The molecule has 4 rings (SSSR count). The molecule has 3 aliphatic rings. The number of rotatable bonds is 5. The Balaban J connectivity index is 1.36. The highest BCUT2D eigenvalue weighted by molar-refractivity contribution is 5.94. The van der Waals surface area contributed by atoms with Crippen molar-refractivity contribution in [1.29, 1.82) is 0 Å². The van der Waals surface area contributed by atoms with Crippen molar-refractivity contribution in [3.8, 4) is 0 Å². The molecule has 0 aromatic heterocycles. The molecule has 1 N–H and O–H groups in total. The van der Waals surface area contributed by atoms with Gasteiger partial charge in [0.05, 0.1) is 0 Å². The maximum absolute atomic E-state index is 13.1. The summed E-state index contributed by atoms with van der Waals surface area (Å²) in [5.74, 6) is -0.205. The van der Waals surface area contributed by atoms with E-state index in [9.17, 15) is 9.59 Å². The van der Waals surface area contributed by atoms with E-state index >= 15 is 0 Å². The zero-order valence-corrected chi connectivity index (χ0v) is 16.8. The van der Waals surface area contributed by atoms with Crippen LogP contribution in [-0.4, -0.2) is 59.6 Å². The molecule has 1 aromatic carbocycles. The van der Waals surface area contributed by atoms with Gasteiger partial charge in [0.2, 0.25) is 0 Å². The standard InChI is InChI=1S/C22H31N3O3/c1-23-11-10-17-14-20(8-5-18(17)15-23)25-13-12-24(22(25)28)19-6-2-16(3-7-19)4-9-21(26)27/h5,8,14,16,19H,2-4,6-7,9-13,15H2,1H3,(H,26,27). The minimum Gasteiger partial charge on any atom is -0.481 e. The van der Waals surface area contributed by atoms with Gasteiger partial charge in [-0.15, -0.1) is 0 Å². The average Bonchev–Trinajstić information content (AvgIpc) is 3.07. The van der Waals surface area contributed by atoms with Crippen LogP contribution in [-0.2, 0) is 17.8 Å². The second kappa shape index (κ2) is 8.11. The van der Waals surface area contributed by atoms with Crippen LogP contribution in [0.4, 0.5) is 10.5 Å². The van der Waals surface area contributed by atoms with Crippen molar-refractivity contribution in [1.82, 2.24) is 9.80 Å². The fourth-order valence-corrected chi connectivity index (χ4v) is 5.05. The number of carboxylic acids is 1. The van der Waals surface area contributed by atoms with E-state index in [1.165, 1.54) is 11.1 Å². The first-order valence-corrected chi connectivity index (χ1v) is 10.6. The summed E-state index contributed by atoms with van der Waals surface area (Å²) in [6.45, 7) is 3.61. The Morgan fingerprint density at radius 3 is 2.64 bits per heavy atom. The molecular weight excluding hydrogens is 354 g/mol. The van der Waals surface area contributed by atoms with Gasteiger partial charge in [-0.1, -0.05) is 6.07 Å². The van der Waals surface area contributed by atoms with Gasteiger partial charge in [0, 0.05) is 44.3 Å². The third-order valence-electron chi connectivity index (χ3n) is 6.77. The molecule has 152 valence electrons. The van der Waals surface area contributed by atoms with E-state index in [-0.39, 0.29) is 12.5 Å². The Kier molecular flexibility index (Phi) is 5.58. The van der Waals surface area contributed by atoms with Gasteiger partial charge in [-0.05, 0) is 74.8 Å². The number of urea groups is 1. The van der Waals surface area contributed by atoms with Crippen LogP contribution in [0.15, 0.2) is 18.2 Å². The number of amides is 2. The molecule has 2 aliphatic heterocycles. The summed E-state index contributed by atoms with van der Waals surface area (Å²) in [4.78, 5) is 30.2. The molecule has 0 spiro atoms. The molecule has 1 aromatic rings. The molecule has 2 heterocycles. The SMILES string of the molecule is CN1CCc2cc(N3CCN(C4CCC(CCC(=O)O)CC4)C3=O)ccc2C1. The Bertz CT molecular complexity index is 743. The van der Waals surface area contributed by atoms with Crippen molar-refractivity contribution in [2.45, 2.75) is 57.5 Å². The molecule has 28 heavy (non-hydrogen) atoms. The second-order valence-corrected chi connectivity index (χ2v) is 8.68. The lowest BCUT2D eigenvalue weighted by atomic mass is 9.83. The predicted octanol–water partition coefficient (Wildman–Crippen LogP) is 3.34. The van der Waals surface area contributed by atoms with E-state index in [4.69, 9.17) is 5.11 Å². The van der Waals surface area contributed by atoms with Crippen LogP contribution >= 0.6 is 0 Å². The molecule has 2 fully saturated rings. The fourth-order valence-electron chi connectivity index (χ4n) is 5.05. The minimum atomic E-state index is -0.704. The van der Waals surface area contributed by atoms with E-state index in [0.717, 1.165) is 70.4 Å². The lowest BCUT2D eigenvalue weighted by molar-refractivity contribution is -0.137. The molecule has 0 unspecified atom stereocenters. The largest absolute Gasteiger partial charge is 0.481 e. The second-order valence-electron chi connectivity index (χ2n) is 8.68. The lowest BCUT2D eigenvalue weighted by Gasteiger charge is -2.34. The highest BCUT2D eigenvalue weighted by Crippen LogP contribution is 2.33. The van der Waals surface area contributed by atoms with Gasteiger partial charge >= 0.3 is 12.0 Å². The fraction of sp³-hybridized carbons (Fsp3) is 0.636. The first-order chi connectivity index (χ1) is 13.5. The first kappa shape index (κ1) is 19.2. The number of carboxylic acid groups (broad SMARTS) is 1. The Hall–Kier alpha value is -2.08. The lowest BCUT2D eigenvalue weighted by Crippen LogP contribution is -2.41. The van der Waals surface area contributed by atoms with Gasteiger partial charge in [-0.2, -0.15) is 0 Å². The van der Waals surface area contributed by atoms with Crippen LogP contribution in [0.2, 0.25) is 0 Å². The zero-order valence-electron chi connectivity index (χ0n) is 16.8. The number of anilines is 1. The molecule has 6 heteroatoms. The Morgan fingerprint density at radius 2 is 1.89 bits per heavy atom. The van der Waals surface area contributed by atoms with Crippen LogP contribution in [0.3, 0.4) is 0 Å². The summed E-state index contributed by atoms with van der Waals surface area (Å²) in [5, 5.41) is 8.87. The summed E-state index contributed by atoms with van der Waals surface area (Å²) in [5.41, 5.74) is 3.78. The summed E-state index contributed by atoms with van der Waals surface area (Å²) in [6.07, 6.45) is 6.15. The van der Waals surface area contributed by atoms with Crippen LogP contribution < -0.4 is 4.90 Å². The number of hydrogen-bond donors (Lipinski definition) is 1. The molecule has 1 saturated heterocycles. The maximum atomic E-state index is 13.1. The van der Waals surface area contributed by atoms with E-state index in [2.05, 4.69) is 35.0 Å². The van der Waals surface area contributed by atoms with Gasteiger partial charge in [0.1, 0.15) is 0 Å². The van der Waals surface area contributed by atoms with Crippen molar-refractivity contribution in [3.05, 3.63) is 29.3 Å². The van der Waals surface area contributed by atoms with Gasteiger partial charge in [-0.25, -0.2) is 4.79 Å². The van der Waals surface area contributed by atoms with Crippen LogP contribution in [0.25, 0.3) is 0 Å². The molecule has 0 radical (unpaired) electrons. The third-order valence-corrected chi connectivity index (χ3v) is 6.77. The van der Waals surface area contributed by atoms with Crippen LogP contribution in [0.5, 0.6) is 0 Å². The van der Waals surface area contributed by atoms with Crippen LogP contribution in [0.1, 0.15) is 49.7 Å². The van der Waals surface area contributed by atoms with Crippen molar-refractivity contribution >= 4 is 17.7 Å². The Labute approximate surface area is 167 Å². The van der Waals surface area contributed by atoms with Crippen molar-refractivity contribution < 1.29 is 14.7 Å². The Morgan fingerprint density at radius 1 is 1.11 bits per heavy atom. The average molecular weight is 386 g/mol. The molecule has 1 aliphatic carbocycles. The maximum Gasteiger partial charge on any atom is 0.324 e. The predicted molar refractivity (Wildman–Crippen MR) is 109 cm³/mol. The number of benzene rings is 1. The highest BCUT2D eigenvalue weighted by atomic mass is 16.4. The number of aliphatic carboxylic acids is 1. The van der Waals surface area contributed by atoms with E-state index in [0.29, 0.717) is 12.0 Å². The van der Waals surface area contributed by atoms with Crippen molar-refractivity contribution in [3.63, 3.8) is 0 Å². The van der Waals surface area contributed by atoms with Crippen molar-refractivity contribution in [2.24, 2.45) is 5.92 Å². The summed E-state index contributed by atoms with van der Waals surface area (Å²) in [7, 11) is 2.15. The topological polar surface area (TPSA) is 64.1 Å². The monoisotopic (exact) mass is 385 g/mol. The molecular formula is C22H31N3O3. The quantitative estimate of drug-likeness (QED) is 0.844. The molecule has 6 nitrogen and oxygen atoms in total. The number of hydrogen-bond acceptors (Lipinski definition) is 3.